The molecule has 11 nitrogen and oxygen atoms in total. The molecule has 0 bridgehead atoms. The van der Waals surface area contributed by atoms with Gasteiger partial charge in [0.05, 0.1) is 6.61 Å². The van der Waals surface area contributed by atoms with E-state index in [9.17, 15) is 24.0 Å². The van der Waals surface area contributed by atoms with E-state index in [0.717, 1.165) is 5.56 Å². The van der Waals surface area contributed by atoms with Crippen molar-refractivity contribution >= 4 is 29.8 Å². The van der Waals surface area contributed by atoms with E-state index in [4.69, 9.17) is 9.47 Å². The van der Waals surface area contributed by atoms with Gasteiger partial charge in [0.1, 0.15) is 23.7 Å². The minimum absolute atomic E-state index is 0.0550. The molecule has 2 aromatic rings. The van der Waals surface area contributed by atoms with Crippen molar-refractivity contribution in [3.8, 4) is 0 Å². The Hall–Kier alpha value is -4.41. The maximum absolute atomic E-state index is 13.6. The van der Waals surface area contributed by atoms with Crippen molar-refractivity contribution in [2.75, 3.05) is 13.2 Å². The molecule has 2 aromatic carbocycles. The molecule has 0 aliphatic carbocycles. The fourth-order valence-corrected chi connectivity index (χ4v) is 4.59. The largest absolute Gasteiger partial charge is 0.464 e. The zero-order valence-electron chi connectivity index (χ0n) is 24.7. The zero-order chi connectivity index (χ0) is 30.9. The van der Waals surface area contributed by atoms with Gasteiger partial charge in [0.15, 0.2) is 0 Å². The van der Waals surface area contributed by atoms with E-state index in [1.165, 1.54) is 11.8 Å². The van der Waals surface area contributed by atoms with E-state index < -0.39 is 53.6 Å². The van der Waals surface area contributed by atoms with Crippen LogP contribution < -0.4 is 16.0 Å². The van der Waals surface area contributed by atoms with Crippen molar-refractivity contribution in [2.45, 2.75) is 77.2 Å². The summed E-state index contributed by atoms with van der Waals surface area (Å²) in [4.78, 5) is 66.3. The molecule has 1 aliphatic heterocycles. The van der Waals surface area contributed by atoms with Gasteiger partial charge < -0.3 is 30.3 Å². The Balaban J connectivity index is 1.77. The number of likely N-dealkylation sites (tertiary alicyclic amines) is 1. The Morgan fingerprint density at radius 3 is 2.17 bits per heavy atom. The van der Waals surface area contributed by atoms with Gasteiger partial charge in [-0.3, -0.25) is 14.4 Å². The summed E-state index contributed by atoms with van der Waals surface area (Å²) >= 11 is 0. The fraction of sp³-hybridized carbons (Fsp3) is 0.452. The summed E-state index contributed by atoms with van der Waals surface area (Å²) < 4.78 is 10.4. The number of hydrogen-bond acceptors (Lipinski definition) is 7. The van der Waals surface area contributed by atoms with Crippen LogP contribution >= 0.6 is 0 Å². The van der Waals surface area contributed by atoms with Gasteiger partial charge in [-0.2, -0.15) is 0 Å². The van der Waals surface area contributed by atoms with Crippen LogP contribution in [-0.4, -0.2) is 77.6 Å². The molecule has 1 fully saturated rings. The van der Waals surface area contributed by atoms with Gasteiger partial charge in [-0.25, -0.2) is 9.59 Å². The first kappa shape index (κ1) is 32.1. The minimum atomic E-state index is -0.972. The number of carbonyl (C=O) groups is 5. The van der Waals surface area contributed by atoms with E-state index in [2.05, 4.69) is 16.0 Å². The number of hydrogen-bond donors (Lipinski definition) is 3. The summed E-state index contributed by atoms with van der Waals surface area (Å²) in [6.07, 6.45) is -0.423. The quantitative estimate of drug-likeness (QED) is 0.367. The molecule has 11 heteroatoms. The highest BCUT2D eigenvalue weighted by Crippen LogP contribution is 2.22. The standard InChI is InChI=1S/C31H40N4O7/c1-6-41-29(39)24(17-21-13-9-7-10-14-21)34-27(37)25-18-23(19-35(25)28(38)22-15-11-8-12-16-22)33-26(36)20(2)32-30(40)42-31(3,4)5/h7-16,20,23-25H,6,17-19H2,1-5H3,(H,32,40)(H,33,36)(H,34,37)/t20-,23-,24-,25-/m0/s1. The van der Waals surface area contributed by atoms with E-state index in [1.807, 2.05) is 30.3 Å². The average molecular weight is 581 g/mol. The second kappa shape index (κ2) is 14.5. The number of nitrogens with zero attached hydrogens (tertiary/aromatic N) is 1. The summed E-state index contributed by atoms with van der Waals surface area (Å²) in [5, 5.41) is 8.10. The Morgan fingerprint density at radius 2 is 1.57 bits per heavy atom. The molecule has 3 N–H and O–H groups in total. The summed E-state index contributed by atoms with van der Waals surface area (Å²) in [5.74, 6) is -2.00. The molecule has 0 unspecified atom stereocenters. The third-order valence-corrected chi connectivity index (χ3v) is 6.53. The average Bonchev–Trinajstić information content (AvgIpc) is 3.36. The van der Waals surface area contributed by atoms with Crippen molar-refractivity contribution < 1.29 is 33.4 Å². The van der Waals surface area contributed by atoms with Crippen LogP contribution in [0.1, 0.15) is 57.0 Å². The smallest absolute Gasteiger partial charge is 0.408 e. The number of carbonyl (C=O) groups excluding carboxylic acids is 5. The second-order valence-electron chi connectivity index (χ2n) is 11.2. The first-order chi connectivity index (χ1) is 19.9. The SMILES string of the molecule is CCOC(=O)[C@H](Cc1ccccc1)NC(=O)[C@@H]1C[C@H](NC(=O)[C@H](C)NC(=O)OC(C)(C)C)CN1C(=O)c1ccccc1. The zero-order valence-corrected chi connectivity index (χ0v) is 24.7. The predicted octanol–water partition coefficient (Wildman–Crippen LogP) is 2.59. The highest BCUT2D eigenvalue weighted by molar-refractivity contribution is 5.99. The molecular formula is C31H40N4O7. The van der Waals surface area contributed by atoms with E-state index >= 15 is 0 Å². The van der Waals surface area contributed by atoms with Crippen LogP contribution in [0.3, 0.4) is 0 Å². The van der Waals surface area contributed by atoms with E-state index in [0.29, 0.717) is 5.56 Å². The van der Waals surface area contributed by atoms with Crippen LogP contribution in [0.25, 0.3) is 0 Å². The first-order valence-corrected chi connectivity index (χ1v) is 14.0. The monoisotopic (exact) mass is 580 g/mol. The van der Waals surface area contributed by atoms with E-state index in [1.54, 1.807) is 58.0 Å². The fourth-order valence-electron chi connectivity index (χ4n) is 4.59. The van der Waals surface area contributed by atoms with Gasteiger partial charge in [-0.15, -0.1) is 0 Å². The molecular weight excluding hydrogens is 540 g/mol. The molecule has 0 radical (unpaired) electrons. The van der Waals surface area contributed by atoms with Gasteiger partial charge in [0.25, 0.3) is 5.91 Å². The van der Waals surface area contributed by atoms with Crippen molar-refractivity contribution in [1.29, 1.82) is 0 Å². The lowest BCUT2D eigenvalue weighted by molar-refractivity contribution is -0.147. The van der Waals surface area contributed by atoms with Crippen LogP contribution in [0.5, 0.6) is 0 Å². The molecule has 1 saturated heterocycles. The third kappa shape index (κ3) is 9.32. The van der Waals surface area contributed by atoms with Gasteiger partial charge in [0.2, 0.25) is 11.8 Å². The molecule has 3 rings (SSSR count). The Morgan fingerprint density at radius 1 is 0.952 bits per heavy atom. The number of rotatable bonds is 10. The van der Waals surface area contributed by atoms with Crippen LogP contribution in [0, 0.1) is 0 Å². The highest BCUT2D eigenvalue weighted by atomic mass is 16.6. The third-order valence-electron chi connectivity index (χ3n) is 6.53. The summed E-state index contributed by atoms with van der Waals surface area (Å²) in [6.45, 7) is 8.54. The molecule has 4 atom stereocenters. The van der Waals surface area contributed by atoms with Crippen molar-refractivity contribution in [1.82, 2.24) is 20.9 Å². The molecule has 4 amide bonds. The van der Waals surface area contributed by atoms with Crippen molar-refractivity contribution in [3.05, 3.63) is 71.8 Å². The van der Waals surface area contributed by atoms with Gasteiger partial charge >= 0.3 is 12.1 Å². The lowest BCUT2D eigenvalue weighted by atomic mass is 10.0. The predicted molar refractivity (Wildman–Crippen MR) is 155 cm³/mol. The molecule has 0 saturated carbocycles. The van der Waals surface area contributed by atoms with Gasteiger partial charge in [0, 0.05) is 24.6 Å². The summed E-state index contributed by atoms with van der Waals surface area (Å²) in [7, 11) is 0. The van der Waals surface area contributed by atoms with Gasteiger partial charge in [-0.1, -0.05) is 48.5 Å². The molecule has 0 aromatic heterocycles. The van der Waals surface area contributed by atoms with Crippen LogP contribution in [-0.2, 0) is 30.3 Å². The second-order valence-corrected chi connectivity index (χ2v) is 11.2. The Bertz CT molecular complexity index is 1250. The molecule has 42 heavy (non-hydrogen) atoms. The Kier molecular flexibility index (Phi) is 11.1. The molecule has 1 heterocycles. The van der Waals surface area contributed by atoms with Crippen molar-refractivity contribution in [3.63, 3.8) is 0 Å². The topological polar surface area (TPSA) is 143 Å². The normalized spacial score (nSPS) is 17.9. The number of esters is 1. The molecule has 1 aliphatic rings. The van der Waals surface area contributed by atoms with Crippen molar-refractivity contribution in [2.24, 2.45) is 0 Å². The first-order valence-electron chi connectivity index (χ1n) is 14.0. The highest BCUT2D eigenvalue weighted by Gasteiger charge is 2.42. The van der Waals surface area contributed by atoms with Gasteiger partial charge in [-0.05, 0) is 58.7 Å². The number of amides is 4. The number of ether oxygens (including phenoxy) is 2. The number of nitrogens with one attached hydrogen (secondary N) is 3. The lowest BCUT2D eigenvalue weighted by Crippen LogP contribution is -2.51. The van der Waals surface area contributed by atoms with E-state index in [-0.39, 0.29) is 31.9 Å². The maximum Gasteiger partial charge on any atom is 0.408 e. The Labute approximate surface area is 246 Å². The van der Waals surface area contributed by atoms with Crippen LogP contribution in [0.15, 0.2) is 60.7 Å². The summed E-state index contributed by atoms with van der Waals surface area (Å²) in [6, 6.07) is 14.3. The summed E-state index contributed by atoms with van der Waals surface area (Å²) in [5.41, 5.74) is 0.483. The van der Waals surface area contributed by atoms with Crippen LogP contribution in [0.2, 0.25) is 0 Å². The lowest BCUT2D eigenvalue weighted by Gasteiger charge is -2.26. The molecule has 0 spiro atoms. The maximum atomic E-state index is 13.6. The molecule has 226 valence electrons. The number of alkyl carbamates (subject to hydrolysis) is 1. The minimum Gasteiger partial charge on any atom is -0.464 e. The number of benzene rings is 2. The van der Waals surface area contributed by atoms with Crippen LogP contribution in [0.4, 0.5) is 4.79 Å².